The second-order valence-corrected chi connectivity index (χ2v) is 15.2. The summed E-state index contributed by atoms with van der Waals surface area (Å²) < 4.78 is 24.4. The number of pyridine rings is 1. The maximum absolute atomic E-state index is 15.7. The van der Waals surface area contributed by atoms with Crippen LogP contribution in [0.4, 0.5) is 4.39 Å². The van der Waals surface area contributed by atoms with Crippen molar-refractivity contribution in [1.82, 2.24) is 14.5 Å². The second kappa shape index (κ2) is 7.31. The average Bonchev–Trinajstić information content (AvgIpc) is 3.23. The van der Waals surface area contributed by atoms with Crippen LogP contribution in [0.3, 0.4) is 0 Å². The fourth-order valence-corrected chi connectivity index (χ4v) is 5.96. The van der Waals surface area contributed by atoms with Gasteiger partial charge in [-0.2, -0.15) is 0 Å². The standard InChI is InChI=1S/C23H34FN3OSi/c1-22(2,3)29(4,5)28-17-8-11-23(24,12-9-17)13-10-19-21-18(7-6-14-26-21)20-15-25-16-27(19)20/h6-7,14-17,19H,8-13H2,1-5H3. The first-order chi connectivity index (χ1) is 13.6. The third-order valence-electron chi connectivity index (χ3n) is 7.39. The van der Waals surface area contributed by atoms with Crippen LogP contribution in [0, 0.1) is 0 Å². The highest BCUT2D eigenvalue weighted by molar-refractivity contribution is 6.74. The molecule has 0 N–H and O–H groups in total. The molecule has 1 unspecified atom stereocenters. The van der Waals surface area contributed by atoms with Gasteiger partial charge in [0, 0.05) is 17.9 Å². The fourth-order valence-electron chi connectivity index (χ4n) is 4.53. The minimum Gasteiger partial charge on any atom is -0.414 e. The smallest absolute Gasteiger partial charge is 0.192 e. The van der Waals surface area contributed by atoms with Gasteiger partial charge in [0.15, 0.2) is 8.32 Å². The molecule has 0 radical (unpaired) electrons. The molecule has 1 saturated carbocycles. The monoisotopic (exact) mass is 415 g/mol. The van der Waals surface area contributed by atoms with E-state index in [0.717, 1.165) is 36.2 Å². The van der Waals surface area contributed by atoms with E-state index >= 15 is 4.39 Å². The molecule has 4 nitrogen and oxygen atoms in total. The normalized spacial score (nSPS) is 27.0. The van der Waals surface area contributed by atoms with Crippen molar-refractivity contribution in [2.45, 2.75) is 95.2 Å². The molecule has 0 amide bonds. The van der Waals surface area contributed by atoms with Gasteiger partial charge >= 0.3 is 0 Å². The largest absolute Gasteiger partial charge is 0.414 e. The summed E-state index contributed by atoms with van der Waals surface area (Å²) in [6, 6.07) is 4.14. The Bertz CT molecular complexity index is 865. The van der Waals surface area contributed by atoms with Crippen LogP contribution in [0.15, 0.2) is 30.9 Å². The number of fused-ring (bicyclic) bond motifs is 3. The Morgan fingerprint density at radius 1 is 1.28 bits per heavy atom. The van der Waals surface area contributed by atoms with Crippen molar-refractivity contribution in [1.29, 1.82) is 0 Å². The zero-order valence-electron chi connectivity index (χ0n) is 18.4. The van der Waals surface area contributed by atoms with Gasteiger partial charge in [-0.1, -0.05) is 20.8 Å². The van der Waals surface area contributed by atoms with Gasteiger partial charge < -0.3 is 8.99 Å². The molecule has 6 heteroatoms. The van der Waals surface area contributed by atoms with E-state index in [4.69, 9.17) is 4.43 Å². The molecule has 0 saturated heterocycles. The predicted molar refractivity (Wildman–Crippen MR) is 117 cm³/mol. The highest BCUT2D eigenvalue weighted by Crippen LogP contribution is 2.45. The lowest BCUT2D eigenvalue weighted by Crippen LogP contribution is -2.46. The molecule has 2 aromatic rings. The SMILES string of the molecule is CC(C)(C)[Si](C)(C)OC1CCC(F)(CCC2c3ncccc3-c3cncn32)CC1. The molecule has 158 valence electrons. The van der Waals surface area contributed by atoms with Gasteiger partial charge in [0.2, 0.25) is 0 Å². The first kappa shape index (κ1) is 20.7. The minimum absolute atomic E-state index is 0.0949. The number of halogens is 1. The highest BCUT2D eigenvalue weighted by Gasteiger charge is 2.43. The van der Waals surface area contributed by atoms with Crippen molar-refractivity contribution in [2.75, 3.05) is 0 Å². The lowest BCUT2D eigenvalue weighted by atomic mass is 9.81. The average molecular weight is 416 g/mol. The quantitative estimate of drug-likeness (QED) is 0.538. The van der Waals surface area contributed by atoms with Gasteiger partial charge in [-0.3, -0.25) is 4.98 Å². The van der Waals surface area contributed by atoms with Crippen molar-refractivity contribution in [3.05, 3.63) is 36.5 Å². The molecular weight excluding hydrogens is 381 g/mol. The maximum atomic E-state index is 15.7. The van der Waals surface area contributed by atoms with Crippen LogP contribution in [-0.2, 0) is 4.43 Å². The van der Waals surface area contributed by atoms with Gasteiger partial charge in [-0.15, -0.1) is 0 Å². The zero-order valence-corrected chi connectivity index (χ0v) is 19.4. The Labute approximate surface area is 175 Å². The zero-order chi connectivity index (χ0) is 20.9. The summed E-state index contributed by atoms with van der Waals surface area (Å²) in [6.45, 7) is 11.4. The van der Waals surface area contributed by atoms with Crippen LogP contribution in [0.25, 0.3) is 11.3 Å². The molecule has 2 aromatic heterocycles. The topological polar surface area (TPSA) is 39.9 Å². The van der Waals surface area contributed by atoms with Crippen LogP contribution in [-0.4, -0.2) is 34.6 Å². The van der Waals surface area contributed by atoms with E-state index in [9.17, 15) is 0 Å². The van der Waals surface area contributed by atoms with Gasteiger partial charge in [-0.25, -0.2) is 9.37 Å². The number of rotatable bonds is 5. The number of alkyl halides is 1. The summed E-state index contributed by atoms with van der Waals surface area (Å²) in [7, 11) is -1.79. The minimum atomic E-state index is -1.79. The Kier molecular flexibility index (Phi) is 5.22. The lowest BCUT2D eigenvalue weighted by Gasteiger charge is -2.42. The van der Waals surface area contributed by atoms with E-state index in [1.165, 1.54) is 0 Å². The van der Waals surface area contributed by atoms with Crippen LogP contribution < -0.4 is 0 Å². The van der Waals surface area contributed by atoms with Gasteiger partial charge in [0.1, 0.15) is 5.67 Å². The van der Waals surface area contributed by atoms with Crippen molar-refractivity contribution in [2.24, 2.45) is 0 Å². The maximum Gasteiger partial charge on any atom is 0.192 e. The summed E-state index contributed by atoms with van der Waals surface area (Å²) in [6.07, 6.45) is 9.99. The predicted octanol–water partition coefficient (Wildman–Crippen LogP) is 6.30. The number of nitrogens with zero attached hydrogens (tertiary/aromatic N) is 3. The molecule has 1 aliphatic carbocycles. The first-order valence-electron chi connectivity index (χ1n) is 10.9. The lowest BCUT2D eigenvalue weighted by molar-refractivity contribution is 0.0302. The van der Waals surface area contributed by atoms with E-state index < -0.39 is 14.0 Å². The van der Waals surface area contributed by atoms with Crippen LogP contribution in [0.2, 0.25) is 18.1 Å². The molecule has 3 heterocycles. The van der Waals surface area contributed by atoms with Crippen LogP contribution >= 0.6 is 0 Å². The summed E-state index contributed by atoms with van der Waals surface area (Å²) in [5.74, 6) is 0. The molecule has 1 aliphatic heterocycles. The van der Waals surface area contributed by atoms with E-state index in [0.29, 0.717) is 19.3 Å². The third-order valence-corrected chi connectivity index (χ3v) is 11.9. The summed E-state index contributed by atoms with van der Waals surface area (Å²) in [5.41, 5.74) is 2.20. The number of hydrogen-bond donors (Lipinski definition) is 0. The first-order valence-corrected chi connectivity index (χ1v) is 13.8. The van der Waals surface area contributed by atoms with Gasteiger partial charge in [-0.05, 0) is 68.8 Å². The number of aromatic nitrogens is 3. The molecule has 4 rings (SSSR count). The molecular formula is C23H34FN3OSi. The molecule has 0 bridgehead atoms. The molecule has 1 fully saturated rings. The van der Waals surface area contributed by atoms with Crippen molar-refractivity contribution in [3.63, 3.8) is 0 Å². The Morgan fingerprint density at radius 2 is 2.00 bits per heavy atom. The molecule has 0 aromatic carbocycles. The van der Waals surface area contributed by atoms with E-state index in [-0.39, 0.29) is 17.2 Å². The van der Waals surface area contributed by atoms with Crippen molar-refractivity contribution in [3.8, 4) is 11.3 Å². The van der Waals surface area contributed by atoms with Crippen LogP contribution in [0.5, 0.6) is 0 Å². The Balaban J connectivity index is 1.37. The Hall–Kier alpha value is -1.53. The summed E-state index contributed by atoms with van der Waals surface area (Å²) >= 11 is 0. The fraction of sp³-hybridized carbons (Fsp3) is 0.652. The summed E-state index contributed by atoms with van der Waals surface area (Å²) in [5, 5.41) is 0.197. The Morgan fingerprint density at radius 3 is 2.69 bits per heavy atom. The second-order valence-electron chi connectivity index (χ2n) is 10.4. The molecule has 29 heavy (non-hydrogen) atoms. The molecule has 2 aliphatic rings. The van der Waals surface area contributed by atoms with Gasteiger partial charge in [0.25, 0.3) is 0 Å². The highest BCUT2D eigenvalue weighted by atomic mass is 28.4. The van der Waals surface area contributed by atoms with Crippen molar-refractivity contribution >= 4 is 8.32 Å². The van der Waals surface area contributed by atoms with Gasteiger partial charge in [0.05, 0.1) is 30.0 Å². The van der Waals surface area contributed by atoms with Crippen molar-refractivity contribution < 1.29 is 8.82 Å². The van der Waals surface area contributed by atoms with Crippen LogP contribution in [0.1, 0.15) is 71.0 Å². The number of hydrogen-bond acceptors (Lipinski definition) is 3. The third kappa shape index (κ3) is 3.93. The van der Waals surface area contributed by atoms with E-state index in [1.54, 1.807) is 0 Å². The number of imidazole rings is 1. The van der Waals surface area contributed by atoms with E-state index in [2.05, 4.69) is 54.5 Å². The molecule has 0 spiro atoms. The molecule has 1 atom stereocenters. The van der Waals surface area contributed by atoms with E-state index in [1.807, 2.05) is 24.8 Å². The summed E-state index contributed by atoms with van der Waals surface area (Å²) in [4.78, 5) is 8.90.